The monoisotopic (exact) mass is 314 g/mol. The highest BCUT2D eigenvalue weighted by atomic mass is 79.9. The van der Waals surface area contributed by atoms with Crippen LogP contribution in [0.2, 0.25) is 0 Å². The Kier molecular flexibility index (Phi) is 5.08. The summed E-state index contributed by atoms with van der Waals surface area (Å²) < 4.78 is 0. The molecule has 4 heteroatoms. The van der Waals surface area contributed by atoms with Gasteiger partial charge >= 0.3 is 0 Å². The minimum absolute atomic E-state index is 0.0347. The van der Waals surface area contributed by atoms with Gasteiger partial charge in [-0.05, 0) is 28.7 Å². The Balaban J connectivity index is 3.33. The zero-order chi connectivity index (χ0) is 13.9. The molecule has 2 N–H and O–H groups in total. The number of halogens is 1. The number of hydrogen-bond donors (Lipinski definition) is 2. The third kappa shape index (κ3) is 3.64. The van der Waals surface area contributed by atoms with Gasteiger partial charge in [-0.1, -0.05) is 42.8 Å². The molecule has 0 aliphatic heterocycles. The predicted octanol–water partition coefficient (Wildman–Crippen LogP) is 2.59. The highest BCUT2D eigenvalue weighted by molar-refractivity contribution is 9.09. The summed E-state index contributed by atoms with van der Waals surface area (Å²) in [5, 5.41) is 19.0. The molecule has 1 rings (SSSR count). The van der Waals surface area contributed by atoms with Crippen LogP contribution in [0, 0.1) is 0 Å². The fourth-order valence-corrected chi connectivity index (χ4v) is 1.94. The summed E-state index contributed by atoms with van der Waals surface area (Å²) in [6.07, 6.45) is -0.950. The molecule has 0 aliphatic rings. The maximum absolute atomic E-state index is 11.8. The number of carbonyl (C=O) groups excluding carboxylic acids is 1. The zero-order valence-electron chi connectivity index (χ0n) is 10.9. The topological polar surface area (TPSA) is 57.5 Å². The van der Waals surface area contributed by atoms with Gasteiger partial charge in [0.2, 0.25) is 0 Å². The number of hydrogen-bond acceptors (Lipinski definition) is 3. The van der Waals surface area contributed by atoms with Crippen LogP contribution in [0.25, 0.3) is 0 Å². The maximum atomic E-state index is 11.8. The van der Waals surface area contributed by atoms with Crippen molar-refractivity contribution in [3.63, 3.8) is 0 Å². The van der Waals surface area contributed by atoms with Crippen LogP contribution in [0.15, 0.2) is 18.2 Å². The second-order valence-electron chi connectivity index (χ2n) is 5.35. The molecule has 1 unspecified atom stereocenters. The minimum Gasteiger partial charge on any atom is -0.393 e. The van der Waals surface area contributed by atoms with E-state index in [2.05, 4.69) is 15.9 Å². The van der Waals surface area contributed by atoms with Crippen LogP contribution < -0.4 is 0 Å². The van der Waals surface area contributed by atoms with E-state index in [4.69, 9.17) is 5.11 Å². The van der Waals surface area contributed by atoms with Crippen molar-refractivity contribution in [1.82, 2.24) is 0 Å². The van der Waals surface area contributed by atoms with Crippen molar-refractivity contribution in [1.29, 1.82) is 0 Å². The first-order chi connectivity index (χ1) is 8.29. The Bertz CT molecular complexity index is 435. The van der Waals surface area contributed by atoms with E-state index >= 15 is 0 Å². The van der Waals surface area contributed by atoms with Crippen LogP contribution >= 0.6 is 15.9 Å². The van der Waals surface area contributed by atoms with E-state index in [9.17, 15) is 9.90 Å². The van der Waals surface area contributed by atoms with Crippen molar-refractivity contribution in [2.45, 2.75) is 32.3 Å². The molecule has 0 fully saturated rings. The van der Waals surface area contributed by atoms with Crippen molar-refractivity contribution in [3.8, 4) is 0 Å². The van der Waals surface area contributed by atoms with Crippen LogP contribution in [0.4, 0.5) is 0 Å². The van der Waals surface area contributed by atoms with Gasteiger partial charge < -0.3 is 10.2 Å². The van der Waals surface area contributed by atoms with Crippen LogP contribution in [0.1, 0.15) is 48.4 Å². The van der Waals surface area contributed by atoms with E-state index in [-0.39, 0.29) is 23.1 Å². The molecular formula is C14H19BrO3. The maximum Gasteiger partial charge on any atom is 0.173 e. The van der Waals surface area contributed by atoms with Gasteiger partial charge in [-0.3, -0.25) is 4.79 Å². The van der Waals surface area contributed by atoms with E-state index in [0.29, 0.717) is 11.1 Å². The first kappa shape index (κ1) is 15.3. The highest BCUT2D eigenvalue weighted by Crippen LogP contribution is 2.27. The molecule has 0 saturated heterocycles. The van der Waals surface area contributed by atoms with Crippen molar-refractivity contribution in [2.24, 2.45) is 0 Å². The number of aliphatic hydroxyl groups is 2. The van der Waals surface area contributed by atoms with Gasteiger partial charge in [0.1, 0.15) is 6.10 Å². The van der Waals surface area contributed by atoms with Gasteiger partial charge in [-0.2, -0.15) is 0 Å². The first-order valence-corrected chi connectivity index (χ1v) is 6.95. The van der Waals surface area contributed by atoms with Gasteiger partial charge in [0.15, 0.2) is 5.78 Å². The second kappa shape index (κ2) is 5.95. The molecule has 0 aromatic heterocycles. The zero-order valence-corrected chi connectivity index (χ0v) is 12.5. The fraction of sp³-hybridized carbons (Fsp3) is 0.500. The number of ketones is 1. The highest BCUT2D eigenvalue weighted by Gasteiger charge is 2.19. The molecule has 1 atom stereocenters. The van der Waals surface area contributed by atoms with Crippen LogP contribution in [-0.4, -0.2) is 27.9 Å². The van der Waals surface area contributed by atoms with Gasteiger partial charge in [0, 0.05) is 5.56 Å². The average molecular weight is 315 g/mol. The van der Waals surface area contributed by atoms with Crippen LogP contribution in [0.3, 0.4) is 0 Å². The number of benzene rings is 1. The molecule has 3 nitrogen and oxygen atoms in total. The molecule has 0 bridgehead atoms. The number of carbonyl (C=O) groups is 1. The lowest BCUT2D eigenvalue weighted by atomic mass is 9.84. The molecule has 0 heterocycles. The average Bonchev–Trinajstić information content (AvgIpc) is 2.35. The molecule has 18 heavy (non-hydrogen) atoms. The number of rotatable bonds is 4. The van der Waals surface area contributed by atoms with Crippen molar-refractivity contribution >= 4 is 21.7 Å². The lowest BCUT2D eigenvalue weighted by Gasteiger charge is -2.22. The molecule has 0 saturated carbocycles. The normalized spacial score (nSPS) is 13.4. The van der Waals surface area contributed by atoms with Crippen molar-refractivity contribution in [2.75, 3.05) is 11.9 Å². The lowest BCUT2D eigenvalue weighted by molar-refractivity contribution is 0.0950. The molecule has 0 spiro atoms. The third-order valence-electron chi connectivity index (χ3n) is 2.82. The molecule has 0 radical (unpaired) electrons. The molecule has 0 amide bonds. The largest absolute Gasteiger partial charge is 0.393 e. The van der Waals surface area contributed by atoms with Gasteiger partial charge in [0.25, 0.3) is 0 Å². The minimum atomic E-state index is -0.950. The summed E-state index contributed by atoms with van der Waals surface area (Å²) in [5.41, 5.74) is 1.99. The fourth-order valence-electron chi connectivity index (χ4n) is 1.62. The second-order valence-corrected chi connectivity index (χ2v) is 5.91. The Hall–Kier alpha value is -0.710. The molecular weight excluding hydrogens is 296 g/mol. The number of alkyl halides is 1. The summed E-state index contributed by atoms with van der Waals surface area (Å²) in [6, 6.07) is 5.32. The van der Waals surface area contributed by atoms with Crippen molar-refractivity contribution < 1.29 is 15.0 Å². The molecule has 100 valence electrons. The Morgan fingerprint density at radius 3 is 2.39 bits per heavy atom. The predicted molar refractivity (Wildman–Crippen MR) is 75.3 cm³/mol. The SMILES string of the molecule is CC(C)(C)c1cc(C(=O)CBr)cc(C(O)CO)c1. The molecule has 0 aliphatic carbocycles. The van der Waals surface area contributed by atoms with Gasteiger partial charge in [0.05, 0.1) is 11.9 Å². The number of Topliss-reactive ketones (excluding diaryl/α,β-unsaturated/α-hetero) is 1. The Morgan fingerprint density at radius 1 is 1.33 bits per heavy atom. The standard InChI is InChI=1S/C14H19BrO3/c1-14(2,3)11-5-9(12(17)7-15)4-10(6-11)13(18)8-16/h4-6,13,16,18H,7-8H2,1-3H3. The van der Waals surface area contributed by atoms with Crippen LogP contribution in [0.5, 0.6) is 0 Å². The summed E-state index contributed by atoms with van der Waals surface area (Å²) >= 11 is 3.14. The van der Waals surface area contributed by atoms with Crippen molar-refractivity contribution in [3.05, 3.63) is 34.9 Å². The summed E-state index contributed by atoms with van der Waals surface area (Å²) in [4.78, 5) is 11.8. The quantitative estimate of drug-likeness (QED) is 0.663. The van der Waals surface area contributed by atoms with E-state index < -0.39 is 6.10 Å². The Morgan fingerprint density at radius 2 is 1.94 bits per heavy atom. The van der Waals surface area contributed by atoms with Gasteiger partial charge in [-0.25, -0.2) is 0 Å². The van der Waals surface area contributed by atoms with E-state index in [1.165, 1.54) is 0 Å². The summed E-state index contributed by atoms with van der Waals surface area (Å²) in [7, 11) is 0. The number of aliphatic hydroxyl groups excluding tert-OH is 2. The molecule has 1 aromatic carbocycles. The van der Waals surface area contributed by atoms with Gasteiger partial charge in [-0.15, -0.1) is 0 Å². The first-order valence-electron chi connectivity index (χ1n) is 5.83. The summed E-state index contributed by atoms with van der Waals surface area (Å²) in [5.74, 6) is -0.0347. The lowest BCUT2D eigenvalue weighted by Crippen LogP contribution is -2.15. The van der Waals surface area contributed by atoms with E-state index in [1.54, 1.807) is 6.07 Å². The Labute approximate surface area is 116 Å². The van der Waals surface area contributed by atoms with E-state index in [1.807, 2.05) is 32.9 Å². The van der Waals surface area contributed by atoms with E-state index in [0.717, 1.165) is 5.56 Å². The smallest absolute Gasteiger partial charge is 0.173 e. The summed E-state index contributed by atoms with van der Waals surface area (Å²) in [6.45, 7) is 5.77. The third-order valence-corrected chi connectivity index (χ3v) is 3.33. The van der Waals surface area contributed by atoms with Crippen LogP contribution in [-0.2, 0) is 5.41 Å². The molecule has 1 aromatic rings.